The normalized spacial score (nSPS) is 15.3. The van der Waals surface area contributed by atoms with E-state index < -0.39 is 10.0 Å². The molecule has 184 valence electrons. The number of nitrogens with one attached hydrogen (secondary N) is 1. The molecule has 0 unspecified atom stereocenters. The number of piperazine rings is 1. The number of carbonyl (C=O) groups is 1. The van der Waals surface area contributed by atoms with Gasteiger partial charge in [-0.05, 0) is 31.2 Å². The molecule has 2 aromatic carbocycles. The Morgan fingerprint density at radius 3 is 2.12 bits per heavy atom. The zero-order chi connectivity index (χ0) is 24.7. The minimum absolute atomic E-state index is 0.116. The Morgan fingerprint density at radius 2 is 1.59 bits per heavy atom. The molecule has 1 heterocycles. The topological polar surface area (TPSA) is 110 Å². The highest BCUT2D eigenvalue weighted by molar-refractivity contribution is 7.89. The number of hydrogen-bond acceptors (Lipinski definition) is 8. The second kappa shape index (κ2) is 11.3. The van der Waals surface area contributed by atoms with Crippen LogP contribution in [0, 0.1) is 6.92 Å². The van der Waals surface area contributed by atoms with Crippen molar-refractivity contribution in [2.75, 3.05) is 54.1 Å². The Labute approximate surface area is 200 Å². The number of methoxy groups -OCH3 is 3. The van der Waals surface area contributed by atoms with Crippen LogP contribution in [0.25, 0.3) is 0 Å². The number of carbonyl (C=O) groups excluding carboxylic acids is 1. The molecule has 11 heteroatoms. The Balaban J connectivity index is 1.52. The van der Waals surface area contributed by atoms with Gasteiger partial charge in [0.05, 0.1) is 39.0 Å². The molecule has 1 aliphatic rings. The van der Waals surface area contributed by atoms with Crippen molar-refractivity contribution in [1.29, 1.82) is 0 Å². The molecule has 0 aliphatic carbocycles. The lowest BCUT2D eigenvalue weighted by Crippen LogP contribution is -2.50. The van der Waals surface area contributed by atoms with Crippen LogP contribution in [0.4, 0.5) is 0 Å². The molecule has 0 radical (unpaired) electrons. The molecular weight excluding hydrogens is 460 g/mol. The SMILES string of the molecule is COc1cc(/C=N\NC(=O)CN2CCN(S(=O)(=O)c3ccc(C)cc3)CC2)cc(OC)c1OC. The molecule has 0 spiro atoms. The van der Waals surface area contributed by atoms with Gasteiger partial charge in [-0.15, -0.1) is 0 Å². The number of sulfonamides is 1. The molecule has 0 aromatic heterocycles. The zero-order valence-electron chi connectivity index (χ0n) is 19.8. The summed E-state index contributed by atoms with van der Waals surface area (Å²) < 4.78 is 43.0. The van der Waals surface area contributed by atoms with Crippen LogP contribution in [0.3, 0.4) is 0 Å². The maximum atomic E-state index is 12.8. The van der Waals surface area contributed by atoms with Crippen LogP contribution in [0.1, 0.15) is 11.1 Å². The standard InChI is InChI=1S/C23H30N4O6S/c1-17-5-7-19(8-6-17)34(29,30)27-11-9-26(10-12-27)16-22(28)25-24-15-18-13-20(31-2)23(33-4)21(14-18)32-3/h5-8,13-15H,9-12,16H2,1-4H3,(H,25,28)/b24-15-. The predicted molar refractivity (Wildman–Crippen MR) is 128 cm³/mol. The van der Waals surface area contributed by atoms with Crippen LogP contribution in [-0.2, 0) is 14.8 Å². The van der Waals surface area contributed by atoms with Crippen molar-refractivity contribution in [1.82, 2.24) is 14.6 Å². The molecule has 1 aliphatic heterocycles. The zero-order valence-corrected chi connectivity index (χ0v) is 20.6. The van der Waals surface area contributed by atoms with E-state index >= 15 is 0 Å². The van der Waals surface area contributed by atoms with Gasteiger partial charge in [-0.3, -0.25) is 9.69 Å². The molecule has 1 saturated heterocycles. The third kappa shape index (κ3) is 6.04. The number of rotatable bonds is 9. The summed E-state index contributed by atoms with van der Waals surface area (Å²) in [6.07, 6.45) is 1.48. The van der Waals surface area contributed by atoms with E-state index in [9.17, 15) is 13.2 Å². The van der Waals surface area contributed by atoms with E-state index in [-0.39, 0.29) is 17.3 Å². The molecule has 34 heavy (non-hydrogen) atoms. The van der Waals surface area contributed by atoms with Gasteiger partial charge >= 0.3 is 0 Å². The minimum Gasteiger partial charge on any atom is -0.493 e. The van der Waals surface area contributed by atoms with Crippen LogP contribution >= 0.6 is 0 Å². The van der Waals surface area contributed by atoms with Crippen molar-refractivity contribution in [3.8, 4) is 17.2 Å². The van der Waals surface area contributed by atoms with Gasteiger partial charge in [-0.25, -0.2) is 13.8 Å². The second-order valence-electron chi connectivity index (χ2n) is 7.75. The van der Waals surface area contributed by atoms with E-state index in [1.165, 1.54) is 31.8 Å². The third-order valence-corrected chi connectivity index (χ3v) is 7.36. The summed E-state index contributed by atoms with van der Waals surface area (Å²) in [5, 5.41) is 4.00. The van der Waals surface area contributed by atoms with Gasteiger partial charge in [0, 0.05) is 31.7 Å². The summed E-state index contributed by atoms with van der Waals surface area (Å²) in [4.78, 5) is 14.5. The van der Waals surface area contributed by atoms with E-state index in [4.69, 9.17) is 14.2 Å². The van der Waals surface area contributed by atoms with Crippen LogP contribution in [0.15, 0.2) is 46.4 Å². The second-order valence-corrected chi connectivity index (χ2v) is 9.68. The van der Waals surface area contributed by atoms with Gasteiger partial charge in [0.2, 0.25) is 15.8 Å². The molecule has 1 amide bonds. The smallest absolute Gasteiger partial charge is 0.254 e. The monoisotopic (exact) mass is 490 g/mol. The molecule has 3 rings (SSSR count). The fraction of sp³-hybridized carbons (Fsp3) is 0.391. The molecule has 10 nitrogen and oxygen atoms in total. The third-order valence-electron chi connectivity index (χ3n) is 5.45. The lowest BCUT2D eigenvalue weighted by atomic mass is 10.2. The Hall–Kier alpha value is -3.15. The maximum Gasteiger partial charge on any atom is 0.254 e. The van der Waals surface area contributed by atoms with Gasteiger partial charge in [-0.1, -0.05) is 17.7 Å². The first kappa shape index (κ1) is 25.5. The first-order valence-electron chi connectivity index (χ1n) is 10.7. The van der Waals surface area contributed by atoms with Crippen molar-refractivity contribution >= 4 is 22.1 Å². The average Bonchev–Trinajstić information content (AvgIpc) is 2.84. The Kier molecular flexibility index (Phi) is 8.48. The molecule has 1 fully saturated rings. The summed E-state index contributed by atoms with van der Waals surface area (Å²) in [6.45, 7) is 3.57. The number of hydrazone groups is 1. The summed E-state index contributed by atoms with van der Waals surface area (Å²) in [6, 6.07) is 10.2. The number of nitrogens with zero attached hydrogens (tertiary/aromatic N) is 3. The van der Waals surface area contributed by atoms with Crippen LogP contribution in [0.5, 0.6) is 17.2 Å². The average molecular weight is 491 g/mol. The quantitative estimate of drug-likeness (QED) is 0.419. The summed E-state index contributed by atoms with van der Waals surface area (Å²) in [5.41, 5.74) is 4.16. The highest BCUT2D eigenvalue weighted by Crippen LogP contribution is 2.37. The lowest BCUT2D eigenvalue weighted by Gasteiger charge is -2.33. The number of aryl methyl sites for hydroxylation is 1. The number of hydrogen-bond donors (Lipinski definition) is 1. The van der Waals surface area contributed by atoms with Crippen molar-refractivity contribution in [2.24, 2.45) is 5.10 Å². The van der Waals surface area contributed by atoms with E-state index in [1.807, 2.05) is 11.8 Å². The van der Waals surface area contributed by atoms with Gasteiger partial charge in [0.25, 0.3) is 5.91 Å². The van der Waals surface area contributed by atoms with Crippen molar-refractivity contribution in [3.63, 3.8) is 0 Å². The van der Waals surface area contributed by atoms with Gasteiger partial charge < -0.3 is 14.2 Å². The van der Waals surface area contributed by atoms with E-state index in [1.54, 1.807) is 36.4 Å². The van der Waals surface area contributed by atoms with Crippen molar-refractivity contribution in [3.05, 3.63) is 47.5 Å². The predicted octanol–water partition coefficient (Wildman–Crippen LogP) is 1.48. The van der Waals surface area contributed by atoms with Gasteiger partial charge in [0.1, 0.15) is 0 Å². The Bertz CT molecular complexity index is 1100. The first-order chi connectivity index (χ1) is 16.3. The van der Waals surface area contributed by atoms with E-state index in [0.29, 0.717) is 49.0 Å². The molecule has 0 bridgehead atoms. The van der Waals surface area contributed by atoms with Crippen molar-refractivity contribution < 1.29 is 27.4 Å². The molecule has 1 N–H and O–H groups in total. The Morgan fingerprint density at radius 1 is 1.00 bits per heavy atom. The van der Waals surface area contributed by atoms with Gasteiger partial charge in [0.15, 0.2) is 11.5 Å². The number of ether oxygens (including phenoxy) is 3. The molecule has 0 saturated carbocycles. The van der Waals surface area contributed by atoms with Crippen molar-refractivity contribution in [2.45, 2.75) is 11.8 Å². The molecule has 2 aromatic rings. The summed E-state index contributed by atoms with van der Waals surface area (Å²) in [7, 11) is 1.02. The summed E-state index contributed by atoms with van der Waals surface area (Å²) >= 11 is 0. The minimum atomic E-state index is -3.54. The highest BCUT2D eigenvalue weighted by atomic mass is 32.2. The molecular formula is C23H30N4O6S. The van der Waals surface area contributed by atoms with Crippen LogP contribution < -0.4 is 19.6 Å². The largest absolute Gasteiger partial charge is 0.493 e. The van der Waals surface area contributed by atoms with E-state index in [2.05, 4.69) is 10.5 Å². The highest BCUT2D eigenvalue weighted by Gasteiger charge is 2.29. The van der Waals surface area contributed by atoms with Crippen LogP contribution in [0.2, 0.25) is 0 Å². The summed E-state index contributed by atoms with van der Waals surface area (Å²) in [5.74, 6) is 1.13. The fourth-order valence-corrected chi connectivity index (χ4v) is 5.00. The van der Waals surface area contributed by atoms with Gasteiger partial charge in [-0.2, -0.15) is 9.41 Å². The number of benzene rings is 2. The fourth-order valence-electron chi connectivity index (χ4n) is 3.58. The first-order valence-corrected chi connectivity index (χ1v) is 12.1. The van der Waals surface area contributed by atoms with E-state index in [0.717, 1.165) is 5.56 Å². The van der Waals surface area contributed by atoms with Crippen LogP contribution in [-0.4, -0.2) is 83.8 Å². The lowest BCUT2D eigenvalue weighted by molar-refractivity contribution is -0.122. The molecule has 0 atom stereocenters. The number of amides is 1. The maximum absolute atomic E-state index is 12.8.